The maximum Gasteiger partial charge on any atom is 0.275 e. The molecule has 25 heavy (non-hydrogen) atoms. The van der Waals surface area contributed by atoms with Gasteiger partial charge < -0.3 is 15.6 Å². The van der Waals surface area contributed by atoms with E-state index in [-0.39, 0.29) is 5.91 Å². The van der Waals surface area contributed by atoms with Crippen molar-refractivity contribution in [2.45, 2.75) is 6.92 Å². The Balaban J connectivity index is 1.55. The highest BCUT2D eigenvalue weighted by atomic mass is 32.1. The first-order valence-electron chi connectivity index (χ1n) is 7.73. The van der Waals surface area contributed by atoms with Crippen molar-refractivity contribution in [1.29, 1.82) is 0 Å². The minimum atomic E-state index is -0.259. The van der Waals surface area contributed by atoms with Crippen LogP contribution in [0.5, 0.6) is 0 Å². The predicted molar refractivity (Wildman–Crippen MR) is 101 cm³/mol. The number of thiazole rings is 1. The molecule has 0 radical (unpaired) electrons. The van der Waals surface area contributed by atoms with Crippen LogP contribution in [0.25, 0.3) is 10.2 Å². The fraction of sp³-hybridized carbons (Fsp3) is 0.0556. The Morgan fingerprint density at radius 1 is 1.12 bits per heavy atom. The number of para-hydroxylation sites is 1. The van der Waals surface area contributed by atoms with E-state index in [0.29, 0.717) is 16.6 Å². The van der Waals surface area contributed by atoms with Crippen molar-refractivity contribution in [3.05, 3.63) is 66.1 Å². The number of hydrogen-bond acceptors (Lipinski definition) is 5. The van der Waals surface area contributed by atoms with Crippen LogP contribution in [-0.2, 0) is 0 Å². The van der Waals surface area contributed by atoms with E-state index in [1.807, 2.05) is 55.5 Å². The number of aryl methyl sites for hydroxylation is 1. The maximum atomic E-state index is 12.5. The molecule has 0 saturated carbocycles. The number of carbonyl (C=O) groups excluding carboxylic acids is 1. The second-order valence-electron chi connectivity index (χ2n) is 5.56. The zero-order valence-corrected chi connectivity index (χ0v) is 14.2. The molecule has 0 unspecified atom stereocenters. The van der Waals surface area contributed by atoms with Gasteiger partial charge in [-0.25, -0.2) is 9.97 Å². The number of carbonyl (C=O) groups is 1. The molecule has 0 aliphatic rings. The average Bonchev–Trinajstić information content (AvgIpc) is 3.23. The van der Waals surface area contributed by atoms with E-state index in [4.69, 9.17) is 0 Å². The molecule has 1 amide bonds. The zero-order chi connectivity index (χ0) is 17.2. The average molecular weight is 349 g/mol. The molecule has 0 aliphatic heterocycles. The van der Waals surface area contributed by atoms with E-state index in [0.717, 1.165) is 21.5 Å². The summed E-state index contributed by atoms with van der Waals surface area (Å²) < 4.78 is 1.08. The first kappa shape index (κ1) is 15.3. The summed E-state index contributed by atoms with van der Waals surface area (Å²) in [5, 5.41) is 6.67. The van der Waals surface area contributed by atoms with E-state index < -0.39 is 0 Å². The molecule has 2 heterocycles. The quantitative estimate of drug-likeness (QED) is 0.512. The van der Waals surface area contributed by atoms with Crippen LogP contribution in [0.3, 0.4) is 0 Å². The van der Waals surface area contributed by atoms with Crippen LogP contribution in [-0.4, -0.2) is 20.9 Å². The molecule has 0 aliphatic carbocycles. The van der Waals surface area contributed by atoms with E-state index in [9.17, 15) is 4.79 Å². The molecule has 2 aromatic carbocycles. The molecular formula is C18H15N5OS. The number of aromatic nitrogens is 3. The molecule has 2 aromatic heterocycles. The predicted octanol–water partition coefficient (Wildman–Crippen LogP) is 4.32. The second-order valence-corrected chi connectivity index (χ2v) is 6.59. The number of H-pyrrole nitrogens is 1. The number of benzene rings is 2. The summed E-state index contributed by atoms with van der Waals surface area (Å²) in [5.41, 5.74) is 3.14. The minimum absolute atomic E-state index is 0.259. The Morgan fingerprint density at radius 2 is 1.92 bits per heavy atom. The van der Waals surface area contributed by atoms with Crippen molar-refractivity contribution in [2.75, 3.05) is 10.6 Å². The van der Waals surface area contributed by atoms with Crippen LogP contribution in [0.2, 0.25) is 0 Å². The smallest absolute Gasteiger partial charge is 0.275 e. The second kappa shape index (κ2) is 6.37. The van der Waals surface area contributed by atoms with Gasteiger partial charge >= 0.3 is 0 Å². The number of nitrogens with zero attached hydrogens (tertiary/aromatic N) is 2. The Labute approximate surface area is 148 Å². The van der Waals surface area contributed by atoms with Crippen LogP contribution in [0.1, 0.15) is 16.1 Å². The summed E-state index contributed by atoms with van der Waals surface area (Å²) in [6.45, 7) is 2.00. The highest BCUT2D eigenvalue weighted by Gasteiger charge is 2.16. The fourth-order valence-corrected chi connectivity index (χ4v) is 3.28. The van der Waals surface area contributed by atoms with Crippen LogP contribution in [0, 0.1) is 6.92 Å². The van der Waals surface area contributed by atoms with Gasteiger partial charge in [-0.1, -0.05) is 41.2 Å². The van der Waals surface area contributed by atoms with Gasteiger partial charge in [0.25, 0.3) is 5.91 Å². The number of nitrogens with one attached hydrogen (secondary N) is 3. The molecule has 4 rings (SSSR count). The summed E-state index contributed by atoms with van der Waals surface area (Å²) in [4.78, 5) is 24.1. The maximum absolute atomic E-state index is 12.5. The van der Waals surface area contributed by atoms with Gasteiger partial charge in [0.15, 0.2) is 10.9 Å². The molecule has 6 nitrogen and oxygen atoms in total. The van der Waals surface area contributed by atoms with Gasteiger partial charge in [0.05, 0.1) is 16.5 Å². The van der Waals surface area contributed by atoms with Crippen LogP contribution >= 0.6 is 11.3 Å². The molecule has 124 valence electrons. The number of amides is 1. The van der Waals surface area contributed by atoms with Gasteiger partial charge in [-0.15, -0.1) is 0 Å². The third kappa shape index (κ3) is 3.22. The van der Waals surface area contributed by atoms with Gasteiger partial charge in [-0.05, 0) is 31.2 Å². The van der Waals surface area contributed by atoms with Crippen molar-refractivity contribution >= 4 is 44.1 Å². The highest BCUT2D eigenvalue weighted by Crippen LogP contribution is 2.28. The van der Waals surface area contributed by atoms with E-state index in [1.165, 1.54) is 17.7 Å². The van der Waals surface area contributed by atoms with Gasteiger partial charge in [0, 0.05) is 5.69 Å². The Morgan fingerprint density at radius 3 is 2.72 bits per heavy atom. The van der Waals surface area contributed by atoms with Crippen molar-refractivity contribution in [3.8, 4) is 0 Å². The lowest BCUT2D eigenvalue weighted by molar-refractivity contribution is 0.102. The number of fused-ring (bicyclic) bond motifs is 1. The number of aromatic amines is 1. The van der Waals surface area contributed by atoms with Crippen LogP contribution < -0.4 is 10.6 Å². The molecule has 0 bridgehead atoms. The standard InChI is InChI=1S/C18H15N5OS/c1-11-6-8-12(9-7-11)21-17(24)15-16(20-10-19-15)23-18-22-13-4-2-3-5-14(13)25-18/h2-10H,1H3,(H,19,20)(H,21,24)(H,22,23). The minimum Gasteiger partial charge on any atom is -0.339 e. The normalized spacial score (nSPS) is 10.8. The SMILES string of the molecule is Cc1ccc(NC(=O)c2[nH]cnc2Nc2nc3ccccc3s2)cc1. The lowest BCUT2D eigenvalue weighted by atomic mass is 10.2. The Hall–Kier alpha value is -3.19. The number of anilines is 3. The van der Waals surface area contributed by atoms with Crippen molar-refractivity contribution in [2.24, 2.45) is 0 Å². The molecule has 7 heteroatoms. The van der Waals surface area contributed by atoms with Crippen molar-refractivity contribution in [3.63, 3.8) is 0 Å². The molecule has 0 saturated heterocycles. The first-order valence-corrected chi connectivity index (χ1v) is 8.55. The van der Waals surface area contributed by atoms with Gasteiger partial charge in [-0.2, -0.15) is 0 Å². The topological polar surface area (TPSA) is 82.7 Å². The summed E-state index contributed by atoms with van der Waals surface area (Å²) >= 11 is 1.51. The van der Waals surface area contributed by atoms with Crippen molar-refractivity contribution < 1.29 is 4.79 Å². The zero-order valence-electron chi connectivity index (χ0n) is 13.4. The largest absolute Gasteiger partial charge is 0.339 e. The molecule has 0 atom stereocenters. The van der Waals surface area contributed by atoms with Crippen LogP contribution in [0.15, 0.2) is 54.9 Å². The Kier molecular flexibility index (Phi) is 3.91. The van der Waals surface area contributed by atoms with Gasteiger partial charge in [0.2, 0.25) is 0 Å². The van der Waals surface area contributed by atoms with E-state index >= 15 is 0 Å². The molecule has 0 fully saturated rings. The number of imidazole rings is 1. The number of rotatable bonds is 4. The molecule has 3 N–H and O–H groups in total. The Bertz CT molecular complexity index is 1000. The first-order chi connectivity index (χ1) is 12.2. The van der Waals surface area contributed by atoms with Gasteiger partial charge in [0.1, 0.15) is 5.69 Å². The summed E-state index contributed by atoms with van der Waals surface area (Å²) in [7, 11) is 0. The van der Waals surface area contributed by atoms with Gasteiger partial charge in [-0.3, -0.25) is 4.79 Å². The van der Waals surface area contributed by atoms with Crippen LogP contribution in [0.4, 0.5) is 16.6 Å². The summed E-state index contributed by atoms with van der Waals surface area (Å²) in [6.07, 6.45) is 1.49. The monoisotopic (exact) mass is 349 g/mol. The van der Waals surface area contributed by atoms with E-state index in [2.05, 4.69) is 25.6 Å². The molecule has 0 spiro atoms. The van der Waals surface area contributed by atoms with Crippen molar-refractivity contribution in [1.82, 2.24) is 15.0 Å². The molecule has 4 aromatic rings. The summed E-state index contributed by atoms with van der Waals surface area (Å²) in [6, 6.07) is 15.5. The lowest BCUT2D eigenvalue weighted by Crippen LogP contribution is -2.14. The van der Waals surface area contributed by atoms with E-state index in [1.54, 1.807) is 0 Å². The number of hydrogen-bond donors (Lipinski definition) is 3. The fourth-order valence-electron chi connectivity index (χ4n) is 2.42. The lowest BCUT2D eigenvalue weighted by Gasteiger charge is -2.06. The molecular weight excluding hydrogens is 334 g/mol. The highest BCUT2D eigenvalue weighted by molar-refractivity contribution is 7.22. The summed E-state index contributed by atoms with van der Waals surface area (Å²) in [5.74, 6) is 0.189. The third-order valence-electron chi connectivity index (χ3n) is 3.70. The third-order valence-corrected chi connectivity index (χ3v) is 4.65.